The first-order chi connectivity index (χ1) is 6.54. The highest BCUT2D eigenvalue weighted by atomic mass is 35.5. The van der Waals surface area contributed by atoms with Crippen molar-refractivity contribution in [2.75, 3.05) is 0 Å². The molecule has 0 amide bonds. The molecule has 0 fully saturated rings. The van der Waals surface area contributed by atoms with Gasteiger partial charge in [-0.15, -0.1) is 11.3 Å². The first-order valence-electron chi connectivity index (χ1n) is 4.09. The second-order valence-electron chi connectivity index (χ2n) is 2.88. The van der Waals surface area contributed by atoms with Gasteiger partial charge in [0.15, 0.2) is 0 Å². The maximum Gasteiger partial charge on any atom is 0.338 e. The van der Waals surface area contributed by atoms with E-state index in [1.807, 2.05) is 22.9 Å². The van der Waals surface area contributed by atoms with Crippen molar-refractivity contribution in [3.05, 3.63) is 22.4 Å². The van der Waals surface area contributed by atoms with Crippen LogP contribution in [0.25, 0.3) is 0 Å². The number of hydrazine groups is 1. The molecule has 0 aliphatic carbocycles. The van der Waals surface area contributed by atoms with E-state index in [1.165, 1.54) is 11.3 Å². The molecule has 3 N–H and O–H groups in total. The molecule has 1 aromatic heterocycles. The zero-order chi connectivity index (χ0) is 10.6. The van der Waals surface area contributed by atoms with Gasteiger partial charge in [0.1, 0.15) is 6.04 Å². The summed E-state index contributed by atoms with van der Waals surface area (Å²) in [7, 11) is 0. The molecule has 0 aliphatic heterocycles. The topological polar surface area (TPSA) is 38.0 Å². The van der Waals surface area contributed by atoms with Gasteiger partial charge in [-0.2, -0.15) is 8.78 Å². The maximum atomic E-state index is 12.6. The minimum absolute atomic E-state index is 0.216. The van der Waals surface area contributed by atoms with Gasteiger partial charge in [0.2, 0.25) is 0 Å². The average molecular weight is 241 g/mol. The monoisotopic (exact) mass is 240 g/mol. The summed E-state index contributed by atoms with van der Waals surface area (Å²) in [6.45, 7) is 0. The standard InChI is InChI=1S/C8H11ClF2N2S/c9-8(10,11)7(13-12)4-3-6-2-1-5-14-6/h1-2,5,7,13H,3-4,12H2. The van der Waals surface area contributed by atoms with Crippen LogP contribution in [0.15, 0.2) is 17.5 Å². The quantitative estimate of drug-likeness (QED) is 0.471. The number of rotatable bonds is 5. The third-order valence-electron chi connectivity index (χ3n) is 1.86. The fourth-order valence-corrected chi connectivity index (χ4v) is 1.98. The molecule has 0 aliphatic rings. The normalized spacial score (nSPS) is 14.3. The number of aryl methyl sites for hydroxylation is 1. The number of nitrogens with one attached hydrogen (secondary N) is 1. The fraction of sp³-hybridized carbons (Fsp3) is 0.500. The summed E-state index contributed by atoms with van der Waals surface area (Å²) in [6.07, 6.45) is 0.766. The van der Waals surface area contributed by atoms with E-state index in [4.69, 9.17) is 17.4 Å². The molecule has 1 aromatic rings. The van der Waals surface area contributed by atoms with E-state index in [0.717, 1.165) is 4.88 Å². The van der Waals surface area contributed by atoms with Gasteiger partial charge in [-0.1, -0.05) is 6.07 Å². The summed E-state index contributed by atoms with van der Waals surface area (Å²) < 4.78 is 25.3. The number of hydrogen-bond donors (Lipinski definition) is 2. The van der Waals surface area contributed by atoms with Crippen LogP contribution in [0.2, 0.25) is 0 Å². The Kier molecular flexibility index (Phi) is 4.25. The SMILES string of the molecule is NNC(CCc1cccs1)C(F)(F)Cl. The molecule has 1 unspecified atom stereocenters. The predicted octanol–water partition coefficient (Wildman–Crippen LogP) is 2.34. The highest BCUT2D eigenvalue weighted by Crippen LogP contribution is 2.26. The number of halogens is 3. The lowest BCUT2D eigenvalue weighted by atomic mass is 10.1. The van der Waals surface area contributed by atoms with Crippen LogP contribution in [-0.2, 0) is 6.42 Å². The molecule has 0 bridgehead atoms. The zero-order valence-electron chi connectivity index (χ0n) is 7.34. The molecule has 2 nitrogen and oxygen atoms in total. The van der Waals surface area contributed by atoms with E-state index in [2.05, 4.69) is 0 Å². The molecule has 0 aromatic carbocycles. The van der Waals surface area contributed by atoms with E-state index in [0.29, 0.717) is 6.42 Å². The Hall–Kier alpha value is -0.230. The van der Waals surface area contributed by atoms with E-state index in [1.54, 1.807) is 0 Å². The van der Waals surface area contributed by atoms with Gasteiger partial charge in [-0.05, 0) is 35.9 Å². The van der Waals surface area contributed by atoms with Crippen LogP contribution < -0.4 is 11.3 Å². The molecule has 1 heterocycles. The summed E-state index contributed by atoms with van der Waals surface area (Å²) in [5.74, 6) is 4.99. The van der Waals surface area contributed by atoms with Crippen molar-refractivity contribution in [2.45, 2.75) is 24.3 Å². The van der Waals surface area contributed by atoms with Gasteiger partial charge in [0.05, 0.1) is 0 Å². The molecule has 80 valence electrons. The number of hydrogen-bond acceptors (Lipinski definition) is 3. The molecule has 6 heteroatoms. The molecular weight excluding hydrogens is 230 g/mol. The van der Waals surface area contributed by atoms with Crippen LogP contribution in [0.3, 0.4) is 0 Å². The first-order valence-corrected chi connectivity index (χ1v) is 5.35. The predicted molar refractivity (Wildman–Crippen MR) is 54.6 cm³/mol. The van der Waals surface area contributed by atoms with Gasteiger partial charge in [-0.3, -0.25) is 5.84 Å². The Morgan fingerprint density at radius 3 is 2.79 bits per heavy atom. The molecule has 0 saturated carbocycles. The summed E-state index contributed by atoms with van der Waals surface area (Å²) in [5, 5.41) is -1.40. The van der Waals surface area contributed by atoms with E-state index < -0.39 is 11.4 Å². The smallest absolute Gasteiger partial charge is 0.271 e. The van der Waals surface area contributed by atoms with Crippen LogP contribution in [0.4, 0.5) is 8.78 Å². The zero-order valence-corrected chi connectivity index (χ0v) is 8.92. The van der Waals surface area contributed by atoms with Gasteiger partial charge in [0.25, 0.3) is 0 Å². The van der Waals surface area contributed by atoms with Gasteiger partial charge in [-0.25, -0.2) is 5.43 Å². The minimum Gasteiger partial charge on any atom is -0.271 e. The first kappa shape index (κ1) is 11.8. The summed E-state index contributed by atoms with van der Waals surface area (Å²) in [6, 6.07) is 2.58. The average Bonchev–Trinajstić information content (AvgIpc) is 2.55. The lowest BCUT2D eigenvalue weighted by Crippen LogP contribution is -2.45. The Labute approximate surface area is 90.0 Å². The lowest BCUT2D eigenvalue weighted by molar-refractivity contribution is 0.0469. The van der Waals surface area contributed by atoms with E-state index in [-0.39, 0.29) is 6.42 Å². The van der Waals surface area contributed by atoms with Crippen molar-refractivity contribution < 1.29 is 8.78 Å². The molecular formula is C8H11ClF2N2S. The Bertz CT molecular complexity index is 261. The fourth-order valence-electron chi connectivity index (χ4n) is 1.08. The second-order valence-corrected chi connectivity index (χ2v) is 4.42. The summed E-state index contributed by atoms with van der Waals surface area (Å²) in [5.41, 5.74) is 2.03. The molecule has 0 saturated heterocycles. The Morgan fingerprint density at radius 1 is 1.64 bits per heavy atom. The summed E-state index contributed by atoms with van der Waals surface area (Å²) in [4.78, 5) is 1.05. The lowest BCUT2D eigenvalue weighted by Gasteiger charge is -2.19. The van der Waals surface area contributed by atoms with E-state index >= 15 is 0 Å². The molecule has 0 spiro atoms. The molecule has 1 atom stereocenters. The van der Waals surface area contributed by atoms with Crippen LogP contribution >= 0.6 is 22.9 Å². The second kappa shape index (κ2) is 5.02. The molecule has 1 rings (SSSR count). The Balaban J connectivity index is 2.43. The van der Waals surface area contributed by atoms with Crippen LogP contribution in [0.5, 0.6) is 0 Å². The molecule has 0 radical (unpaired) electrons. The number of thiophene rings is 1. The highest BCUT2D eigenvalue weighted by Gasteiger charge is 2.35. The van der Waals surface area contributed by atoms with Crippen LogP contribution in [0.1, 0.15) is 11.3 Å². The third-order valence-corrected chi connectivity index (χ3v) is 3.06. The molecule has 14 heavy (non-hydrogen) atoms. The maximum absolute atomic E-state index is 12.6. The van der Waals surface area contributed by atoms with Crippen LogP contribution in [-0.4, -0.2) is 11.4 Å². The number of alkyl halides is 3. The van der Waals surface area contributed by atoms with Crippen molar-refractivity contribution in [2.24, 2.45) is 5.84 Å². The van der Waals surface area contributed by atoms with E-state index in [9.17, 15) is 8.78 Å². The van der Waals surface area contributed by atoms with Crippen LogP contribution in [0, 0.1) is 0 Å². The van der Waals surface area contributed by atoms with Crippen molar-refractivity contribution in [1.29, 1.82) is 0 Å². The van der Waals surface area contributed by atoms with Crippen molar-refractivity contribution in [3.8, 4) is 0 Å². The van der Waals surface area contributed by atoms with Crippen molar-refractivity contribution in [3.63, 3.8) is 0 Å². The largest absolute Gasteiger partial charge is 0.338 e. The minimum atomic E-state index is -3.30. The van der Waals surface area contributed by atoms with Gasteiger partial charge < -0.3 is 0 Å². The highest BCUT2D eigenvalue weighted by molar-refractivity contribution is 7.09. The number of nitrogens with two attached hydrogens (primary N) is 1. The van der Waals surface area contributed by atoms with Crippen molar-refractivity contribution in [1.82, 2.24) is 5.43 Å². The third kappa shape index (κ3) is 3.49. The van der Waals surface area contributed by atoms with Gasteiger partial charge >= 0.3 is 5.38 Å². The van der Waals surface area contributed by atoms with Gasteiger partial charge in [0, 0.05) is 4.88 Å². The summed E-state index contributed by atoms with van der Waals surface area (Å²) >= 11 is 6.40. The Morgan fingerprint density at radius 2 is 2.36 bits per heavy atom. The van der Waals surface area contributed by atoms with Crippen molar-refractivity contribution >= 4 is 22.9 Å².